The van der Waals surface area contributed by atoms with Gasteiger partial charge in [-0.05, 0) is 18.9 Å². The molecule has 0 saturated heterocycles. The third kappa shape index (κ3) is 2.68. The Bertz CT molecular complexity index is 231. The molecule has 0 aliphatic carbocycles. The van der Waals surface area contributed by atoms with Crippen molar-refractivity contribution in [3.05, 3.63) is 12.2 Å². The Kier molecular flexibility index (Phi) is 3.23. The summed E-state index contributed by atoms with van der Waals surface area (Å²) >= 11 is 0. The number of nitrogens with two attached hydrogens (primary N) is 1. The van der Waals surface area contributed by atoms with Crippen LogP contribution in [0.15, 0.2) is 17.1 Å². The molecule has 2 N–H and O–H groups in total. The number of nitrogens with zero attached hydrogens (tertiary/aromatic N) is 1. The molecule has 0 aromatic rings. The van der Waals surface area contributed by atoms with Crippen LogP contribution in [0.5, 0.6) is 0 Å². The molecule has 72 valence electrons. The smallest absolute Gasteiger partial charge is 0.217 e. The summed E-state index contributed by atoms with van der Waals surface area (Å²) in [6.07, 6.45) is 9.03. The van der Waals surface area contributed by atoms with E-state index in [0.717, 1.165) is 19.3 Å². The van der Waals surface area contributed by atoms with E-state index < -0.39 is 0 Å². The van der Waals surface area contributed by atoms with E-state index >= 15 is 0 Å². The maximum Gasteiger partial charge on any atom is 0.217 e. The number of carbonyl (C=O) groups excluding carboxylic acids is 1. The van der Waals surface area contributed by atoms with Crippen molar-refractivity contribution in [2.75, 3.05) is 0 Å². The molecule has 0 fully saturated rings. The first-order chi connectivity index (χ1) is 6.18. The van der Waals surface area contributed by atoms with E-state index in [1.807, 2.05) is 6.08 Å². The summed E-state index contributed by atoms with van der Waals surface area (Å²) in [7, 11) is 0. The number of carbonyl (C=O) groups is 1. The van der Waals surface area contributed by atoms with E-state index in [9.17, 15) is 4.79 Å². The van der Waals surface area contributed by atoms with Gasteiger partial charge in [-0.25, -0.2) is 0 Å². The Hall–Kier alpha value is -1.12. The van der Waals surface area contributed by atoms with E-state index in [4.69, 9.17) is 5.73 Å². The van der Waals surface area contributed by atoms with Gasteiger partial charge in [0, 0.05) is 12.6 Å². The van der Waals surface area contributed by atoms with Gasteiger partial charge in [-0.2, -0.15) is 0 Å². The van der Waals surface area contributed by atoms with Crippen LogP contribution >= 0.6 is 0 Å². The fourth-order valence-electron chi connectivity index (χ4n) is 1.65. The van der Waals surface area contributed by atoms with Crippen molar-refractivity contribution >= 4 is 12.1 Å². The molecule has 1 aliphatic rings. The average molecular weight is 180 g/mol. The number of rotatable bonds is 5. The standard InChI is InChI=1S/C10H16N2O/c1-2-5-10(6-3-8-12-10)7-4-9(11)13/h3,6,8H,2,4-5,7H2,1H3,(H2,11,13). The van der Waals surface area contributed by atoms with Crippen LogP contribution in [0.25, 0.3) is 0 Å². The highest BCUT2D eigenvalue weighted by atomic mass is 16.1. The molecule has 0 aromatic heterocycles. The van der Waals surface area contributed by atoms with Gasteiger partial charge in [0.15, 0.2) is 0 Å². The summed E-state index contributed by atoms with van der Waals surface area (Å²) < 4.78 is 0. The van der Waals surface area contributed by atoms with Crippen LogP contribution in [-0.4, -0.2) is 17.7 Å². The SMILES string of the molecule is CCCC1(CCC(N)=O)C=CC=N1. The third-order valence-electron chi connectivity index (χ3n) is 2.31. The molecular weight excluding hydrogens is 164 g/mol. The Balaban J connectivity index is 2.53. The topological polar surface area (TPSA) is 55.5 Å². The zero-order chi connectivity index (χ0) is 9.73. The summed E-state index contributed by atoms with van der Waals surface area (Å²) in [6.45, 7) is 2.12. The first kappa shape index (κ1) is 9.96. The first-order valence-electron chi connectivity index (χ1n) is 4.70. The van der Waals surface area contributed by atoms with E-state index in [2.05, 4.69) is 18.0 Å². The minimum atomic E-state index is -0.244. The molecule has 1 rings (SSSR count). The summed E-state index contributed by atoms with van der Waals surface area (Å²) in [5, 5.41) is 0. The van der Waals surface area contributed by atoms with Gasteiger partial charge in [-0.1, -0.05) is 19.4 Å². The second kappa shape index (κ2) is 4.21. The second-order valence-electron chi connectivity index (χ2n) is 3.46. The minimum absolute atomic E-state index is 0.135. The number of amides is 1. The maximum absolute atomic E-state index is 10.6. The highest BCUT2D eigenvalue weighted by Crippen LogP contribution is 2.28. The normalized spacial score (nSPS) is 25.3. The third-order valence-corrected chi connectivity index (χ3v) is 2.31. The molecule has 13 heavy (non-hydrogen) atoms. The van der Waals surface area contributed by atoms with Crippen LogP contribution in [0.1, 0.15) is 32.6 Å². The number of primary amides is 1. The molecule has 0 radical (unpaired) electrons. The maximum atomic E-state index is 10.6. The Morgan fingerprint density at radius 3 is 2.77 bits per heavy atom. The lowest BCUT2D eigenvalue weighted by Gasteiger charge is -2.22. The molecule has 3 heteroatoms. The van der Waals surface area contributed by atoms with Gasteiger partial charge in [-0.3, -0.25) is 9.79 Å². The number of aliphatic imine (C=N–C) groups is 1. The quantitative estimate of drug-likeness (QED) is 0.683. The number of allylic oxidation sites excluding steroid dienone is 1. The Morgan fingerprint density at radius 1 is 1.54 bits per heavy atom. The number of hydrogen-bond acceptors (Lipinski definition) is 2. The van der Waals surface area contributed by atoms with Gasteiger partial charge in [0.25, 0.3) is 0 Å². The van der Waals surface area contributed by atoms with E-state index in [-0.39, 0.29) is 11.4 Å². The fourth-order valence-corrected chi connectivity index (χ4v) is 1.65. The van der Waals surface area contributed by atoms with Crippen molar-refractivity contribution in [1.29, 1.82) is 0 Å². The van der Waals surface area contributed by atoms with Gasteiger partial charge in [0.2, 0.25) is 5.91 Å². The molecule has 1 atom stereocenters. The van der Waals surface area contributed by atoms with Crippen LogP contribution < -0.4 is 5.73 Å². The van der Waals surface area contributed by atoms with Crippen molar-refractivity contribution in [2.45, 2.75) is 38.1 Å². The molecule has 0 saturated carbocycles. The summed E-state index contributed by atoms with van der Waals surface area (Å²) in [4.78, 5) is 15.0. The monoisotopic (exact) mass is 180 g/mol. The predicted molar refractivity (Wildman–Crippen MR) is 53.7 cm³/mol. The summed E-state index contributed by atoms with van der Waals surface area (Å²) in [5.41, 5.74) is 4.98. The van der Waals surface area contributed by atoms with Crippen LogP contribution in [0.4, 0.5) is 0 Å². The molecule has 1 amide bonds. The van der Waals surface area contributed by atoms with Crippen molar-refractivity contribution in [3.63, 3.8) is 0 Å². The molecule has 0 bridgehead atoms. The summed E-state index contributed by atoms with van der Waals surface area (Å²) in [5.74, 6) is -0.244. The van der Waals surface area contributed by atoms with E-state index in [1.165, 1.54) is 0 Å². The van der Waals surface area contributed by atoms with Crippen molar-refractivity contribution in [2.24, 2.45) is 10.7 Å². The predicted octanol–water partition coefficient (Wildman–Crippen LogP) is 1.43. The van der Waals surface area contributed by atoms with Crippen LogP contribution in [-0.2, 0) is 4.79 Å². The second-order valence-corrected chi connectivity index (χ2v) is 3.46. The Morgan fingerprint density at radius 2 is 2.31 bits per heavy atom. The zero-order valence-electron chi connectivity index (χ0n) is 7.99. The van der Waals surface area contributed by atoms with Gasteiger partial charge < -0.3 is 5.73 Å². The molecule has 3 nitrogen and oxygen atoms in total. The fraction of sp³-hybridized carbons (Fsp3) is 0.600. The molecule has 1 unspecified atom stereocenters. The van der Waals surface area contributed by atoms with Crippen LogP contribution in [0, 0.1) is 0 Å². The van der Waals surface area contributed by atoms with Crippen LogP contribution in [0.2, 0.25) is 0 Å². The van der Waals surface area contributed by atoms with Gasteiger partial charge in [-0.15, -0.1) is 0 Å². The van der Waals surface area contributed by atoms with Crippen molar-refractivity contribution < 1.29 is 4.79 Å². The number of hydrogen-bond donors (Lipinski definition) is 1. The molecule has 1 aliphatic heterocycles. The molecule has 0 aromatic carbocycles. The largest absolute Gasteiger partial charge is 0.370 e. The highest BCUT2D eigenvalue weighted by molar-refractivity contribution is 5.76. The van der Waals surface area contributed by atoms with E-state index in [1.54, 1.807) is 6.21 Å². The van der Waals surface area contributed by atoms with Gasteiger partial charge >= 0.3 is 0 Å². The van der Waals surface area contributed by atoms with Gasteiger partial charge in [0.05, 0.1) is 5.54 Å². The lowest BCUT2D eigenvalue weighted by Crippen LogP contribution is -2.24. The minimum Gasteiger partial charge on any atom is -0.370 e. The van der Waals surface area contributed by atoms with Crippen molar-refractivity contribution in [1.82, 2.24) is 0 Å². The lowest BCUT2D eigenvalue weighted by atomic mass is 9.90. The highest BCUT2D eigenvalue weighted by Gasteiger charge is 2.26. The zero-order valence-corrected chi connectivity index (χ0v) is 7.99. The first-order valence-corrected chi connectivity index (χ1v) is 4.70. The van der Waals surface area contributed by atoms with E-state index in [0.29, 0.717) is 6.42 Å². The lowest BCUT2D eigenvalue weighted by molar-refractivity contribution is -0.118. The molecule has 0 spiro atoms. The van der Waals surface area contributed by atoms with Crippen molar-refractivity contribution in [3.8, 4) is 0 Å². The average Bonchev–Trinajstić information content (AvgIpc) is 2.51. The Labute approximate surface area is 78.7 Å². The van der Waals surface area contributed by atoms with Crippen LogP contribution in [0.3, 0.4) is 0 Å². The molecular formula is C10H16N2O. The summed E-state index contributed by atoms with van der Waals surface area (Å²) in [6, 6.07) is 0. The molecule has 1 heterocycles. The van der Waals surface area contributed by atoms with Gasteiger partial charge in [0.1, 0.15) is 0 Å².